The highest BCUT2D eigenvalue weighted by Crippen LogP contribution is 2.38. The highest BCUT2D eigenvalue weighted by Gasteiger charge is 2.34. The van der Waals surface area contributed by atoms with Crippen molar-refractivity contribution in [2.24, 2.45) is 0 Å². The van der Waals surface area contributed by atoms with Crippen LogP contribution in [0, 0.1) is 18.8 Å². The maximum absolute atomic E-state index is 13.4. The Kier molecular flexibility index (Phi) is 4.98. The fourth-order valence-corrected chi connectivity index (χ4v) is 4.17. The number of hydrogen-bond donors (Lipinski definition) is 1. The number of hydrogen-bond acceptors (Lipinski definition) is 6. The first-order valence-electron chi connectivity index (χ1n) is 10.8. The zero-order valence-corrected chi connectivity index (χ0v) is 18.8. The van der Waals surface area contributed by atoms with Gasteiger partial charge >= 0.3 is 6.18 Å². The van der Waals surface area contributed by atoms with Gasteiger partial charge in [0, 0.05) is 17.8 Å². The molecule has 0 saturated carbocycles. The molecule has 174 valence electrons. The Hall–Kier alpha value is -3.71. The standard InChI is InChI=1S/C24H21F3N6O/c1-14-30-31-22-29-20(17-9-10-19(24(25,26)27)28-21(17)33(14)22)32-13-5-7-16-15(6-4-8-18(16)32)11-12-23(2,3)34/h4,6,8-10,34H,5,7,13H2,1-3H3. The summed E-state index contributed by atoms with van der Waals surface area (Å²) in [4.78, 5) is 10.6. The molecule has 1 aliphatic rings. The molecule has 10 heteroatoms. The zero-order chi connectivity index (χ0) is 24.3. The first-order chi connectivity index (χ1) is 16.0. The summed E-state index contributed by atoms with van der Waals surface area (Å²) in [7, 11) is 0. The Balaban J connectivity index is 1.74. The van der Waals surface area contributed by atoms with Gasteiger partial charge in [-0.05, 0) is 63.4 Å². The van der Waals surface area contributed by atoms with Crippen molar-refractivity contribution in [2.75, 3.05) is 11.4 Å². The van der Waals surface area contributed by atoms with Crippen LogP contribution in [0.15, 0.2) is 30.3 Å². The van der Waals surface area contributed by atoms with Gasteiger partial charge in [-0.1, -0.05) is 17.9 Å². The molecule has 34 heavy (non-hydrogen) atoms. The quantitative estimate of drug-likeness (QED) is 0.424. The number of benzene rings is 1. The van der Waals surface area contributed by atoms with Crippen LogP contribution in [0.25, 0.3) is 16.8 Å². The van der Waals surface area contributed by atoms with Gasteiger partial charge < -0.3 is 10.0 Å². The molecule has 0 aliphatic carbocycles. The summed E-state index contributed by atoms with van der Waals surface area (Å²) >= 11 is 0. The molecular weight excluding hydrogens is 445 g/mol. The topological polar surface area (TPSA) is 79.4 Å². The van der Waals surface area contributed by atoms with Gasteiger partial charge in [0.2, 0.25) is 0 Å². The average Bonchev–Trinajstić information content (AvgIpc) is 3.16. The van der Waals surface area contributed by atoms with E-state index in [1.807, 2.05) is 23.1 Å². The van der Waals surface area contributed by atoms with E-state index < -0.39 is 17.5 Å². The van der Waals surface area contributed by atoms with E-state index in [0.717, 1.165) is 35.7 Å². The van der Waals surface area contributed by atoms with Gasteiger partial charge in [0.1, 0.15) is 22.9 Å². The van der Waals surface area contributed by atoms with Crippen LogP contribution in [0.3, 0.4) is 0 Å². The third-order valence-corrected chi connectivity index (χ3v) is 5.64. The number of aryl methyl sites for hydroxylation is 1. The van der Waals surface area contributed by atoms with E-state index in [1.54, 1.807) is 20.8 Å². The summed E-state index contributed by atoms with van der Waals surface area (Å²) in [6, 6.07) is 8.07. The van der Waals surface area contributed by atoms with E-state index in [-0.39, 0.29) is 11.4 Å². The van der Waals surface area contributed by atoms with Crippen molar-refractivity contribution in [3.05, 3.63) is 53.0 Å². The molecule has 0 spiro atoms. The largest absolute Gasteiger partial charge is 0.433 e. The number of nitrogens with zero attached hydrogens (tertiary/aromatic N) is 6. The van der Waals surface area contributed by atoms with Crippen LogP contribution < -0.4 is 4.90 Å². The van der Waals surface area contributed by atoms with Crippen molar-refractivity contribution < 1.29 is 18.3 Å². The van der Waals surface area contributed by atoms with E-state index in [1.165, 1.54) is 10.5 Å². The first-order valence-corrected chi connectivity index (χ1v) is 10.8. The molecule has 1 N–H and O–H groups in total. The van der Waals surface area contributed by atoms with E-state index in [9.17, 15) is 18.3 Å². The number of rotatable bonds is 1. The molecule has 3 aromatic heterocycles. The second kappa shape index (κ2) is 7.67. The van der Waals surface area contributed by atoms with Gasteiger partial charge in [-0.15, -0.1) is 10.2 Å². The molecule has 4 heterocycles. The lowest BCUT2D eigenvalue weighted by molar-refractivity contribution is -0.141. The number of aliphatic hydroxyl groups is 1. The van der Waals surface area contributed by atoms with Crippen molar-refractivity contribution in [3.63, 3.8) is 0 Å². The van der Waals surface area contributed by atoms with Crippen molar-refractivity contribution in [1.82, 2.24) is 24.6 Å². The van der Waals surface area contributed by atoms with Crippen LogP contribution in [0.2, 0.25) is 0 Å². The normalized spacial score (nSPS) is 14.3. The highest BCUT2D eigenvalue weighted by molar-refractivity contribution is 5.92. The van der Waals surface area contributed by atoms with Crippen LogP contribution in [-0.2, 0) is 12.6 Å². The van der Waals surface area contributed by atoms with E-state index in [4.69, 9.17) is 0 Å². The second-order valence-corrected chi connectivity index (χ2v) is 8.75. The highest BCUT2D eigenvalue weighted by atomic mass is 19.4. The van der Waals surface area contributed by atoms with Gasteiger partial charge in [-0.25, -0.2) is 9.38 Å². The minimum absolute atomic E-state index is 0.0995. The zero-order valence-electron chi connectivity index (χ0n) is 18.8. The summed E-state index contributed by atoms with van der Waals surface area (Å²) in [6.45, 7) is 5.50. The first kappa shape index (κ1) is 22.1. The molecule has 1 aromatic carbocycles. The SMILES string of the molecule is Cc1nnc2nc(N3CCCc4c(C#CC(C)(C)O)cccc43)c3ccc(C(F)(F)F)nc3n12. The number of pyridine rings is 1. The summed E-state index contributed by atoms with van der Waals surface area (Å²) in [5.74, 6) is 6.96. The number of alkyl halides is 3. The van der Waals surface area contributed by atoms with Crippen molar-refractivity contribution >= 4 is 28.3 Å². The number of anilines is 2. The minimum atomic E-state index is -4.59. The smallest absolute Gasteiger partial charge is 0.378 e. The molecule has 0 unspecified atom stereocenters. The molecule has 0 bridgehead atoms. The Labute approximate surface area is 193 Å². The van der Waals surface area contributed by atoms with Gasteiger partial charge in [-0.2, -0.15) is 18.2 Å². The van der Waals surface area contributed by atoms with Crippen LogP contribution in [0.4, 0.5) is 24.7 Å². The number of aromatic nitrogens is 5. The van der Waals surface area contributed by atoms with Gasteiger partial charge in [0.25, 0.3) is 5.78 Å². The summed E-state index contributed by atoms with van der Waals surface area (Å²) < 4.78 is 41.7. The summed E-state index contributed by atoms with van der Waals surface area (Å²) in [5.41, 5.74) is 0.636. The predicted octanol–water partition coefficient (Wildman–Crippen LogP) is 4.21. The molecule has 7 nitrogen and oxygen atoms in total. The van der Waals surface area contributed by atoms with E-state index in [2.05, 4.69) is 32.0 Å². The van der Waals surface area contributed by atoms with Crippen molar-refractivity contribution in [1.29, 1.82) is 0 Å². The van der Waals surface area contributed by atoms with Crippen LogP contribution >= 0.6 is 0 Å². The molecule has 5 rings (SSSR count). The Morgan fingerprint density at radius 3 is 2.59 bits per heavy atom. The molecule has 0 atom stereocenters. The summed E-state index contributed by atoms with van der Waals surface area (Å²) in [5, 5.41) is 18.5. The lowest BCUT2D eigenvalue weighted by Gasteiger charge is -2.32. The number of halogens is 3. The second-order valence-electron chi connectivity index (χ2n) is 8.75. The molecular formula is C24H21F3N6O. The Bertz CT molecular complexity index is 1490. The fraction of sp³-hybridized carbons (Fsp3) is 0.333. The maximum atomic E-state index is 13.4. The number of fused-ring (bicyclic) bond motifs is 4. The third-order valence-electron chi connectivity index (χ3n) is 5.64. The van der Waals surface area contributed by atoms with Gasteiger partial charge in [0.15, 0.2) is 5.65 Å². The minimum Gasteiger partial charge on any atom is -0.378 e. The molecule has 1 aliphatic heterocycles. The van der Waals surface area contributed by atoms with Crippen molar-refractivity contribution in [3.8, 4) is 11.8 Å². The lowest BCUT2D eigenvalue weighted by Crippen LogP contribution is -2.26. The van der Waals surface area contributed by atoms with Crippen molar-refractivity contribution in [2.45, 2.75) is 45.4 Å². The fourth-order valence-electron chi connectivity index (χ4n) is 4.17. The third kappa shape index (κ3) is 3.82. The molecule has 0 fully saturated rings. The van der Waals surface area contributed by atoms with Gasteiger partial charge in [-0.3, -0.25) is 0 Å². The van der Waals surface area contributed by atoms with E-state index >= 15 is 0 Å². The van der Waals surface area contributed by atoms with Crippen LogP contribution in [-0.4, -0.2) is 41.8 Å². The predicted molar refractivity (Wildman–Crippen MR) is 121 cm³/mol. The Morgan fingerprint density at radius 2 is 1.85 bits per heavy atom. The van der Waals surface area contributed by atoms with Crippen LogP contribution in [0.1, 0.15) is 42.9 Å². The average molecular weight is 466 g/mol. The lowest BCUT2D eigenvalue weighted by atomic mass is 9.95. The van der Waals surface area contributed by atoms with Crippen LogP contribution in [0.5, 0.6) is 0 Å². The van der Waals surface area contributed by atoms with E-state index in [0.29, 0.717) is 23.6 Å². The molecule has 0 radical (unpaired) electrons. The molecule has 0 amide bonds. The molecule has 4 aromatic rings. The molecule has 0 saturated heterocycles. The summed E-state index contributed by atoms with van der Waals surface area (Å²) in [6.07, 6.45) is -3.01. The van der Waals surface area contributed by atoms with Gasteiger partial charge in [0.05, 0.1) is 5.39 Å². The Morgan fingerprint density at radius 1 is 1.06 bits per heavy atom. The monoisotopic (exact) mass is 466 g/mol. The maximum Gasteiger partial charge on any atom is 0.433 e.